The highest BCUT2D eigenvalue weighted by atomic mass is 19.1. The zero-order valence-corrected chi connectivity index (χ0v) is 17.8. The van der Waals surface area contributed by atoms with Crippen LogP contribution in [0.5, 0.6) is 0 Å². The van der Waals surface area contributed by atoms with Crippen molar-refractivity contribution in [3.8, 4) is 11.4 Å². The van der Waals surface area contributed by atoms with Gasteiger partial charge in [0, 0.05) is 42.5 Å². The molecule has 4 aromatic heterocycles. The fourth-order valence-corrected chi connectivity index (χ4v) is 4.20. The second kappa shape index (κ2) is 8.57. The van der Waals surface area contributed by atoms with Gasteiger partial charge in [-0.15, -0.1) is 0 Å². The number of halogens is 2. The van der Waals surface area contributed by atoms with E-state index < -0.39 is 11.6 Å². The molecule has 0 radical (unpaired) electrons. The Labute approximate surface area is 187 Å². The molecule has 5 rings (SSSR count). The Bertz CT molecular complexity index is 1320. The van der Waals surface area contributed by atoms with Crippen LogP contribution in [-0.2, 0) is 7.05 Å². The number of imidazole rings is 1. The van der Waals surface area contributed by atoms with Crippen molar-refractivity contribution in [2.24, 2.45) is 7.05 Å². The lowest BCUT2D eigenvalue weighted by atomic mass is 9.91. The van der Waals surface area contributed by atoms with E-state index in [1.54, 1.807) is 30.3 Å². The van der Waals surface area contributed by atoms with Crippen LogP contribution in [0.25, 0.3) is 22.4 Å². The van der Waals surface area contributed by atoms with Crippen LogP contribution in [0.2, 0.25) is 0 Å². The predicted molar refractivity (Wildman–Crippen MR) is 117 cm³/mol. The zero-order chi connectivity index (χ0) is 22.9. The fraction of sp³-hybridized carbons (Fsp3) is 0.318. The van der Waals surface area contributed by atoms with Gasteiger partial charge in [0.05, 0.1) is 18.7 Å². The molecular weight excluding hydrogens is 430 g/mol. The number of hydrogen-bond acceptors (Lipinski definition) is 6. The van der Waals surface area contributed by atoms with E-state index >= 15 is 0 Å². The highest BCUT2D eigenvalue weighted by Gasteiger charge is 2.25. The summed E-state index contributed by atoms with van der Waals surface area (Å²) in [6.45, 7) is 0. The molecule has 1 aliphatic rings. The van der Waals surface area contributed by atoms with Gasteiger partial charge in [-0.1, -0.05) is 0 Å². The van der Waals surface area contributed by atoms with Crippen LogP contribution in [0.4, 0.5) is 14.6 Å². The normalized spacial score (nSPS) is 18.4. The topological polar surface area (TPSA) is 113 Å². The van der Waals surface area contributed by atoms with Gasteiger partial charge in [-0.05, 0) is 31.7 Å². The largest absolute Gasteiger partial charge is 0.365 e. The Morgan fingerprint density at radius 2 is 2.03 bits per heavy atom. The minimum atomic E-state index is -0.581. The number of anilines is 1. The number of rotatable bonds is 5. The zero-order valence-electron chi connectivity index (χ0n) is 17.8. The van der Waals surface area contributed by atoms with Crippen molar-refractivity contribution in [3.05, 3.63) is 54.5 Å². The van der Waals surface area contributed by atoms with Crippen LogP contribution in [0.3, 0.4) is 0 Å². The van der Waals surface area contributed by atoms with Crippen molar-refractivity contribution in [3.63, 3.8) is 0 Å². The van der Waals surface area contributed by atoms with E-state index in [4.69, 9.17) is 0 Å². The van der Waals surface area contributed by atoms with Gasteiger partial charge in [-0.2, -0.15) is 0 Å². The summed E-state index contributed by atoms with van der Waals surface area (Å²) in [5, 5.41) is 6.69. The Balaban J connectivity index is 1.31. The molecule has 4 aromatic rings. The Morgan fingerprint density at radius 3 is 2.85 bits per heavy atom. The van der Waals surface area contributed by atoms with Gasteiger partial charge in [0.2, 0.25) is 0 Å². The third kappa shape index (κ3) is 4.38. The number of carbonyl (C=O) groups excluding carboxylic acids is 1. The van der Waals surface area contributed by atoms with Gasteiger partial charge in [-0.25, -0.2) is 28.7 Å². The van der Waals surface area contributed by atoms with E-state index in [1.807, 2.05) is 0 Å². The molecule has 0 bridgehead atoms. The first-order chi connectivity index (χ1) is 16.0. The average Bonchev–Trinajstić information content (AvgIpc) is 3.42. The highest BCUT2D eigenvalue weighted by Crippen LogP contribution is 2.28. The number of aromatic nitrogens is 6. The van der Waals surface area contributed by atoms with Crippen molar-refractivity contribution in [1.29, 1.82) is 0 Å². The molecule has 0 saturated heterocycles. The number of nitrogens with zero attached hydrogens (tertiary/aromatic N) is 5. The average molecular weight is 452 g/mol. The molecule has 11 heteroatoms. The van der Waals surface area contributed by atoms with Crippen molar-refractivity contribution in [2.45, 2.75) is 37.8 Å². The molecule has 3 N–H and O–H groups in total. The number of carbonyl (C=O) groups is 1. The van der Waals surface area contributed by atoms with E-state index in [0.29, 0.717) is 28.7 Å². The first-order valence-electron chi connectivity index (χ1n) is 10.7. The quantitative estimate of drug-likeness (QED) is 0.429. The molecule has 1 amide bonds. The third-order valence-electron chi connectivity index (χ3n) is 5.77. The molecule has 1 aliphatic carbocycles. The van der Waals surface area contributed by atoms with E-state index in [2.05, 4.69) is 35.6 Å². The predicted octanol–water partition coefficient (Wildman–Crippen LogP) is 3.18. The van der Waals surface area contributed by atoms with Crippen LogP contribution in [-0.4, -0.2) is 47.5 Å². The minimum absolute atomic E-state index is 0.0576. The second-order valence-electron chi connectivity index (χ2n) is 8.24. The lowest BCUT2D eigenvalue weighted by molar-refractivity contribution is 0.0921. The summed E-state index contributed by atoms with van der Waals surface area (Å²) in [6.07, 6.45) is 10.2. The second-order valence-corrected chi connectivity index (χ2v) is 8.24. The molecule has 0 aliphatic heterocycles. The summed E-state index contributed by atoms with van der Waals surface area (Å²) in [5.74, 6) is -0.960. The Morgan fingerprint density at radius 1 is 1.18 bits per heavy atom. The Hall–Kier alpha value is -3.89. The molecule has 0 spiro atoms. The van der Waals surface area contributed by atoms with E-state index in [1.165, 1.54) is 6.07 Å². The molecule has 9 nitrogen and oxygen atoms in total. The molecule has 4 heterocycles. The molecule has 1 fully saturated rings. The Kier molecular flexibility index (Phi) is 5.45. The van der Waals surface area contributed by atoms with Crippen LogP contribution < -0.4 is 10.6 Å². The summed E-state index contributed by atoms with van der Waals surface area (Å²) in [6, 6.07) is 1.20. The summed E-state index contributed by atoms with van der Waals surface area (Å²) in [4.78, 5) is 31.9. The smallest absolute Gasteiger partial charge is 0.271 e. The maximum atomic E-state index is 14.5. The first-order valence-corrected chi connectivity index (χ1v) is 10.7. The lowest BCUT2D eigenvalue weighted by Gasteiger charge is -2.30. The fourth-order valence-electron chi connectivity index (χ4n) is 4.20. The van der Waals surface area contributed by atoms with Gasteiger partial charge in [0.25, 0.3) is 5.91 Å². The van der Waals surface area contributed by atoms with Crippen molar-refractivity contribution < 1.29 is 13.6 Å². The van der Waals surface area contributed by atoms with E-state index in [-0.39, 0.29) is 29.6 Å². The molecule has 1 saturated carbocycles. The molecule has 170 valence electrons. The van der Waals surface area contributed by atoms with Crippen LogP contribution in [0, 0.1) is 11.6 Å². The van der Waals surface area contributed by atoms with Crippen molar-refractivity contribution >= 4 is 22.8 Å². The van der Waals surface area contributed by atoms with E-state index in [9.17, 15) is 13.6 Å². The van der Waals surface area contributed by atoms with Crippen LogP contribution in [0.15, 0.2) is 37.2 Å². The molecular formula is C22H22F2N8O. The van der Waals surface area contributed by atoms with Gasteiger partial charge in [-0.3, -0.25) is 4.79 Å². The number of aryl methyl sites for hydroxylation is 1. The van der Waals surface area contributed by atoms with Crippen molar-refractivity contribution in [1.82, 2.24) is 34.8 Å². The van der Waals surface area contributed by atoms with Gasteiger partial charge in [0.1, 0.15) is 17.2 Å². The van der Waals surface area contributed by atoms with Crippen molar-refractivity contribution in [2.75, 3.05) is 5.32 Å². The number of H-pyrrole nitrogens is 1. The summed E-state index contributed by atoms with van der Waals surface area (Å²) in [7, 11) is 1.80. The van der Waals surface area contributed by atoms with Gasteiger partial charge >= 0.3 is 0 Å². The molecule has 2 atom stereocenters. The number of hydrogen-bond donors (Lipinski definition) is 3. The van der Waals surface area contributed by atoms with E-state index in [0.717, 1.165) is 31.7 Å². The third-order valence-corrected chi connectivity index (χ3v) is 5.77. The monoisotopic (exact) mass is 452 g/mol. The molecule has 1 unspecified atom stereocenters. The number of fused-ring (bicyclic) bond motifs is 1. The molecule has 33 heavy (non-hydrogen) atoms. The summed E-state index contributed by atoms with van der Waals surface area (Å²) < 4.78 is 29.9. The lowest BCUT2D eigenvalue weighted by Crippen LogP contribution is -2.42. The highest BCUT2D eigenvalue weighted by molar-refractivity contribution is 5.92. The van der Waals surface area contributed by atoms with Gasteiger partial charge in [0.15, 0.2) is 17.5 Å². The maximum absolute atomic E-state index is 14.5. The number of aromatic amines is 1. The maximum Gasteiger partial charge on any atom is 0.271 e. The molecule has 0 aromatic carbocycles. The first kappa shape index (κ1) is 21.0. The van der Waals surface area contributed by atoms with Gasteiger partial charge < -0.3 is 20.2 Å². The van der Waals surface area contributed by atoms with Crippen LogP contribution >= 0.6 is 0 Å². The summed E-state index contributed by atoms with van der Waals surface area (Å²) >= 11 is 0. The van der Waals surface area contributed by atoms with Crippen LogP contribution in [0.1, 0.15) is 36.2 Å². The number of amides is 1. The minimum Gasteiger partial charge on any atom is -0.365 e. The number of pyridine rings is 1. The SMILES string of the molecule is Cn1cnc(C(=O)N[C@@H]2CCCC(Nc3nc(-c4c[nH]c5ncc(F)cc45)ncc3F)C2)c1. The standard InChI is InChI=1S/C22H22F2N8O/c1-32-10-18(28-11-32)22(33)30-14-4-2-3-13(6-14)29-21-17(24)9-27-20(31-21)16-8-26-19-15(16)5-12(23)7-25-19/h5,7-11,13-14H,2-4,6H2,1H3,(H,25,26)(H,30,33)(H,27,29,31)/t13?,14-/m1/s1. The number of nitrogens with one attached hydrogen (secondary N) is 3. The summed E-state index contributed by atoms with van der Waals surface area (Å²) in [5.41, 5.74) is 1.39.